The zero-order valence-corrected chi connectivity index (χ0v) is 13.1. The summed E-state index contributed by atoms with van der Waals surface area (Å²) in [4.78, 5) is 2.53. The first-order chi connectivity index (χ1) is 9.51. The summed E-state index contributed by atoms with van der Waals surface area (Å²) in [6.45, 7) is 9.93. The number of hydrogen-bond donors (Lipinski definition) is 1. The maximum absolute atomic E-state index is 13.7. The number of nitrogens with zero attached hydrogens (tertiary/aromatic N) is 1. The van der Waals surface area contributed by atoms with Crippen molar-refractivity contribution in [2.24, 2.45) is 11.8 Å². The maximum Gasteiger partial charge on any atom is 0.126 e. The van der Waals surface area contributed by atoms with Gasteiger partial charge in [-0.05, 0) is 56.0 Å². The lowest BCUT2D eigenvalue weighted by Gasteiger charge is -2.21. The Kier molecular flexibility index (Phi) is 5.17. The van der Waals surface area contributed by atoms with E-state index in [0.29, 0.717) is 5.56 Å². The third-order valence-electron chi connectivity index (χ3n) is 4.74. The van der Waals surface area contributed by atoms with Crippen molar-refractivity contribution < 1.29 is 4.39 Å². The van der Waals surface area contributed by atoms with Crippen molar-refractivity contribution in [3.05, 3.63) is 35.1 Å². The number of aryl methyl sites for hydroxylation is 1. The average molecular weight is 278 g/mol. The number of likely N-dealkylation sites (tertiary alicyclic amines) is 1. The van der Waals surface area contributed by atoms with Crippen LogP contribution in [-0.2, 0) is 0 Å². The summed E-state index contributed by atoms with van der Waals surface area (Å²) >= 11 is 0. The summed E-state index contributed by atoms with van der Waals surface area (Å²) in [7, 11) is 1.96. The largest absolute Gasteiger partial charge is 0.313 e. The number of rotatable bonds is 5. The lowest BCUT2D eigenvalue weighted by molar-refractivity contribution is 0.301. The van der Waals surface area contributed by atoms with Gasteiger partial charge in [0.15, 0.2) is 0 Å². The summed E-state index contributed by atoms with van der Waals surface area (Å²) in [6, 6.07) is 5.81. The zero-order valence-electron chi connectivity index (χ0n) is 13.1. The van der Waals surface area contributed by atoms with Gasteiger partial charge in [0.25, 0.3) is 0 Å². The lowest BCUT2D eigenvalue weighted by Crippen LogP contribution is -2.27. The maximum atomic E-state index is 13.7. The van der Waals surface area contributed by atoms with E-state index >= 15 is 0 Å². The third-order valence-corrected chi connectivity index (χ3v) is 4.74. The molecule has 2 nitrogen and oxygen atoms in total. The van der Waals surface area contributed by atoms with Crippen LogP contribution in [0.5, 0.6) is 0 Å². The van der Waals surface area contributed by atoms with Gasteiger partial charge >= 0.3 is 0 Å². The van der Waals surface area contributed by atoms with E-state index in [1.807, 2.05) is 19.2 Å². The highest BCUT2D eigenvalue weighted by molar-refractivity contribution is 5.25. The van der Waals surface area contributed by atoms with Gasteiger partial charge < -0.3 is 10.2 Å². The summed E-state index contributed by atoms with van der Waals surface area (Å²) in [5.41, 5.74) is 1.77. The van der Waals surface area contributed by atoms with Gasteiger partial charge in [-0.15, -0.1) is 0 Å². The molecule has 0 aliphatic carbocycles. The molecule has 3 atom stereocenters. The van der Waals surface area contributed by atoms with Crippen LogP contribution < -0.4 is 5.32 Å². The second kappa shape index (κ2) is 6.68. The highest BCUT2D eigenvalue weighted by Crippen LogP contribution is 2.24. The summed E-state index contributed by atoms with van der Waals surface area (Å²) in [5, 5.41) is 3.32. The fourth-order valence-electron chi connectivity index (χ4n) is 3.05. The Bertz CT molecular complexity index is 437. The standard InChI is InChI=1S/C17H27FN2/c1-12-5-6-15(9-16(12)18)17(19-4)7-8-20-10-13(2)14(3)11-20/h5-6,9,13-14,17,19H,7-8,10-11H2,1-4H3. The van der Waals surface area contributed by atoms with E-state index in [-0.39, 0.29) is 11.9 Å². The topological polar surface area (TPSA) is 15.3 Å². The Morgan fingerprint density at radius 1 is 1.30 bits per heavy atom. The van der Waals surface area contributed by atoms with Crippen LogP contribution in [0.3, 0.4) is 0 Å². The Morgan fingerprint density at radius 3 is 2.50 bits per heavy atom. The average Bonchev–Trinajstić information content (AvgIpc) is 2.73. The predicted octanol–water partition coefficient (Wildman–Crippen LogP) is 3.37. The second-order valence-corrected chi connectivity index (χ2v) is 6.35. The van der Waals surface area contributed by atoms with Crippen LogP contribution in [0.2, 0.25) is 0 Å². The van der Waals surface area contributed by atoms with E-state index in [0.717, 1.165) is 30.4 Å². The van der Waals surface area contributed by atoms with Crippen LogP contribution >= 0.6 is 0 Å². The SMILES string of the molecule is CNC(CCN1CC(C)C(C)C1)c1ccc(C)c(F)c1. The van der Waals surface area contributed by atoms with E-state index < -0.39 is 0 Å². The summed E-state index contributed by atoms with van der Waals surface area (Å²) < 4.78 is 13.7. The molecule has 0 saturated carbocycles. The Hall–Kier alpha value is -0.930. The second-order valence-electron chi connectivity index (χ2n) is 6.35. The van der Waals surface area contributed by atoms with Crippen molar-refractivity contribution in [1.29, 1.82) is 0 Å². The molecule has 3 heteroatoms. The number of nitrogens with one attached hydrogen (secondary N) is 1. The van der Waals surface area contributed by atoms with E-state index in [4.69, 9.17) is 0 Å². The molecule has 1 N–H and O–H groups in total. The van der Waals surface area contributed by atoms with Gasteiger partial charge in [0, 0.05) is 19.1 Å². The minimum atomic E-state index is -0.105. The smallest absolute Gasteiger partial charge is 0.126 e. The first-order valence-electron chi connectivity index (χ1n) is 7.67. The molecule has 1 heterocycles. The normalized spacial score (nSPS) is 25.1. The molecule has 1 saturated heterocycles. The van der Waals surface area contributed by atoms with Crippen LogP contribution in [0.15, 0.2) is 18.2 Å². The molecule has 1 fully saturated rings. The quantitative estimate of drug-likeness (QED) is 0.888. The molecular formula is C17H27FN2. The fraction of sp³-hybridized carbons (Fsp3) is 0.647. The molecule has 112 valence electrons. The van der Waals surface area contributed by atoms with Crippen LogP contribution in [0.4, 0.5) is 4.39 Å². The molecule has 1 aliphatic heterocycles. The Labute approximate surface area is 122 Å². The molecule has 1 aromatic carbocycles. The van der Waals surface area contributed by atoms with Crippen LogP contribution in [0, 0.1) is 24.6 Å². The molecule has 0 bridgehead atoms. The van der Waals surface area contributed by atoms with E-state index in [1.165, 1.54) is 13.1 Å². The van der Waals surface area contributed by atoms with Gasteiger partial charge in [-0.2, -0.15) is 0 Å². The molecule has 1 aliphatic rings. The summed E-state index contributed by atoms with van der Waals surface area (Å²) in [5.74, 6) is 1.48. The molecule has 0 radical (unpaired) electrons. The van der Waals surface area contributed by atoms with Gasteiger partial charge in [-0.3, -0.25) is 0 Å². The van der Waals surface area contributed by atoms with Gasteiger partial charge in [0.2, 0.25) is 0 Å². The molecule has 0 aromatic heterocycles. The fourth-order valence-corrected chi connectivity index (χ4v) is 3.05. The minimum absolute atomic E-state index is 0.105. The number of halogens is 1. The molecule has 2 rings (SSSR count). The van der Waals surface area contributed by atoms with Gasteiger partial charge in [-0.25, -0.2) is 4.39 Å². The molecular weight excluding hydrogens is 251 g/mol. The third kappa shape index (κ3) is 3.58. The van der Waals surface area contributed by atoms with Gasteiger partial charge in [0.1, 0.15) is 5.82 Å². The first kappa shape index (κ1) is 15.5. The molecule has 0 amide bonds. The molecule has 20 heavy (non-hydrogen) atoms. The van der Waals surface area contributed by atoms with Crippen molar-refractivity contribution in [1.82, 2.24) is 10.2 Å². The van der Waals surface area contributed by atoms with Crippen LogP contribution in [0.25, 0.3) is 0 Å². The van der Waals surface area contributed by atoms with Crippen LogP contribution in [-0.4, -0.2) is 31.6 Å². The molecule has 1 aromatic rings. The lowest BCUT2D eigenvalue weighted by atomic mass is 10.0. The Balaban J connectivity index is 1.94. The van der Waals surface area contributed by atoms with Gasteiger partial charge in [-0.1, -0.05) is 26.0 Å². The first-order valence-corrected chi connectivity index (χ1v) is 7.67. The van der Waals surface area contributed by atoms with Crippen molar-refractivity contribution >= 4 is 0 Å². The van der Waals surface area contributed by atoms with E-state index in [2.05, 4.69) is 24.1 Å². The minimum Gasteiger partial charge on any atom is -0.313 e. The van der Waals surface area contributed by atoms with Crippen molar-refractivity contribution in [3.8, 4) is 0 Å². The highest BCUT2D eigenvalue weighted by Gasteiger charge is 2.26. The van der Waals surface area contributed by atoms with Crippen molar-refractivity contribution in [3.63, 3.8) is 0 Å². The van der Waals surface area contributed by atoms with E-state index in [9.17, 15) is 4.39 Å². The Morgan fingerprint density at radius 2 is 1.95 bits per heavy atom. The van der Waals surface area contributed by atoms with Crippen LogP contribution in [0.1, 0.15) is 37.4 Å². The zero-order chi connectivity index (χ0) is 14.7. The summed E-state index contributed by atoms with van der Waals surface area (Å²) in [6.07, 6.45) is 1.03. The predicted molar refractivity (Wildman–Crippen MR) is 82.3 cm³/mol. The molecule has 3 unspecified atom stereocenters. The number of hydrogen-bond acceptors (Lipinski definition) is 2. The van der Waals surface area contributed by atoms with Crippen molar-refractivity contribution in [2.75, 3.05) is 26.7 Å². The highest BCUT2D eigenvalue weighted by atomic mass is 19.1. The van der Waals surface area contributed by atoms with Crippen molar-refractivity contribution in [2.45, 2.75) is 33.2 Å². The number of benzene rings is 1. The van der Waals surface area contributed by atoms with Gasteiger partial charge in [0.05, 0.1) is 0 Å². The molecule has 0 spiro atoms. The van der Waals surface area contributed by atoms with E-state index in [1.54, 1.807) is 13.0 Å². The monoisotopic (exact) mass is 278 g/mol.